The van der Waals surface area contributed by atoms with Crippen molar-refractivity contribution in [1.29, 1.82) is 0 Å². The number of aliphatic hydroxyl groups is 1. The first-order valence-electron chi connectivity index (χ1n) is 14.0. The summed E-state index contributed by atoms with van der Waals surface area (Å²) in [5, 5.41) is 10.5. The van der Waals surface area contributed by atoms with E-state index in [-0.39, 0.29) is 6.10 Å². The van der Waals surface area contributed by atoms with E-state index in [4.69, 9.17) is 0 Å². The normalized spacial score (nSPS) is 48.0. The van der Waals surface area contributed by atoms with Crippen LogP contribution in [0, 0.1) is 58.2 Å². The van der Waals surface area contributed by atoms with E-state index in [2.05, 4.69) is 47.3 Å². The first-order chi connectivity index (χ1) is 14.7. The second kappa shape index (κ2) is 9.15. The number of hydrogen-bond donors (Lipinski definition) is 1. The van der Waals surface area contributed by atoms with E-state index in [1.165, 1.54) is 57.8 Å². The van der Waals surface area contributed by atoms with E-state index < -0.39 is 0 Å². The monoisotopic (exact) mass is 428 g/mol. The van der Waals surface area contributed by atoms with Crippen LogP contribution in [-0.2, 0) is 0 Å². The van der Waals surface area contributed by atoms with Crippen LogP contribution in [0.2, 0.25) is 0 Å². The minimum absolute atomic E-state index is 0.0571. The van der Waals surface area contributed by atoms with E-state index in [0.717, 1.165) is 60.7 Å². The smallest absolute Gasteiger partial charge is 0.0543 e. The summed E-state index contributed by atoms with van der Waals surface area (Å²) >= 11 is 0. The molecule has 0 aromatic carbocycles. The minimum atomic E-state index is -0.0571. The Morgan fingerprint density at radius 3 is 2.32 bits per heavy atom. The Balaban J connectivity index is 1.53. The van der Waals surface area contributed by atoms with Crippen LogP contribution in [0.5, 0.6) is 0 Å². The molecular formula is C30H52O. The number of aliphatic hydroxyl groups excluding tert-OH is 1. The summed E-state index contributed by atoms with van der Waals surface area (Å²) in [6.45, 7) is 16.8. The van der Waals surface area contributed by atoms with Gasteiger partial charge >= 0.3 is 0 Å². The molecule has 4 aliphatic carbocycles. The molecular weight excluding hydrogens is 376 g/mol. The van der Waals surface area contributed by atoms with Crippen molar-refractivity contribution in [2.24, 2.45) is 58.2 Å². The molecule has 4 saturated carbocycles. The van der Waals surface area contributed by atoms with Gasteiger partial charge in [0.1, 0.15) is 0 Å². The lowest BCUT2D eigenvalue weighted by Crippen LogP contribution is -2.56. The summed E-state index contributed by atoms with van der Waals surface area (Å²) in [5.74, 6) is 6.93. The highest BCUT2D eigenvalue weighted by atomic mass is 16.3. The van der Waals surface area contributed by atoms with Gasteiger partial charge in [-0.05, 0) is 116 Å². The second-order valence-electron chi connectivity index (χ2n) is 13.5. The molecule has 1 N–H and O–H groups in total. The van der Waals surface area contributed by atoms with Crippen molar-refractivity contribution < 1.29 is 5.11 Å². The third-order valence-corrected chi connectivity index (χ3v) is 11.5. The topological polar surface area (TPSA) is 20.2 Å². The molecule has 1 heteroatoms. The molecule has 10 atom stereocenters. The van der Waals surface area contributed by atoms with Gasteiger partial charge in [-0.1, -0.05) is 60.0 Å². The maximum absolute atomic E-state index is 10.5. The summed E-state index contributed by atoms with van der Waals surface area (Å²) in [5.41, 5.74) is 1.03. The third kappa shape index (κ3) is 4.20. The van der Waals surface area contributed by atoms with Gasteiger partial charge in [-0.3, -0.25) is 0 Å². The van der Waals surface area contributed by atoms with Gasteiger partial charge in [-0.2, -0.15) is 0 Å². The summed E-state index contributed by atoms with van der Waals surface area (Å²) in [6.07, 6.45) is 18.2. The van der Waals surface area contributed by atoms with Gasteiger partial charge in [0.2, 0.25) is 0 Å². The van der Waals surface area contributed by atoms with Crippen molar-refractivity contribution >= 4 is 0 Å². The Labute approximate surface area is 193 Å². The molecule has 0 aromatic heterocycles. The van der Waals surface area contributed by atoms with Crippen LogP contribution >= 0.6 is 0 Å². The van der Waals surface area contributed by atoms with Crippen LogP contribution in [-0.4, -0.2) is 11.2 Å². The zero-order valence-electron chi connectivity index (χ0n) is 21.4. The predicted octanol–water partition coefficient (Wildman–Crippen LogP) is 8.27. The quantitative estimate of drug-likeness (QED) is 0.404. The third-order valence-electron chi connectivity index (χ3n) is 11.5. The molecule has 0 aliphatic heterocycles. The molecule has 0 bridgehead atoms. The molecule has 0 spiro atoms. The number of hydrogen-bond acceptors (Lipinski definition) is 1. The van der Waals surface area contributed by atoms with E-state index in [0.29, 0.717) is 16.7 Å². The predicted molar refractivity (Wildman–Crippen MR) is 133 cm³/mol. The summed E-state index contributed by atoms with van der Waals surface area (Å²) < 4.78 is 0. The summed E-state index contributed by atoms with van der Waals surface area (Å²) in [7, 11) is 0. The van der Waals surface area contributed by atoms with Gasteiger partial charge in [0.25, 0.3) is 0 Å². The Bertz CT molecular complexity index is 624. The molecule has 4 rings (SSSR count). The SMILES string of the molecule is C=CC[C@@H]1C[C@@H]2[C@H](CC[C@]3(C)[C@@H]([C@H](C)CCCC(C)C)CC[C@@H]23)[C@@]2(C)CC[C@@H](O)C[C@H]12. The average Bonchev–Trinajstić information content (AvgIpc) is 3.06. The molecule has 0 radical (unpaired) electrons. The van der Waals surface area contributed by atoms with Gasteiger partial charge in [0.15, 0.2) is 0 Å². The minimum Gasteiger partial charge on any atom is -0.393 e. The molecule has 4 fully saturated rings. The van der Waals surface area contributed by atoms with Crippen molar-refractivity contribution in [3.63, 3.8) is 0 Å². The Morgan fingerprint density at radius 2 is 1.61 bits per heavy atom. The van der Waals surface area contributed by atoms with Crippen molar-refractivity contribution in [1.82, 2.24) is 0 Å². The molecule has 0 aromatic rings. The molecule has 0 unspecified atom stereocenters. The molecule has 1 nitrogen and oxygen atoms in total. The average molecular weight is 429 g/mol. The van der Waals surface area contributed by atoms with Crippen molar-refractivity contribution in [2.45, 2.75) is 118 Å². The van der Waals surface area contributed by atoms with Crippen LogP contribution < -0.4 is 0 Å². The molecule has 4 aliphatic rings. The second-order valence-corrected chi connectivity index (χ2v) is 13.5. The molecule has 0 saturated heterocycles. The standard InChI is InChI=1S/C30H52O/c1-7-9-22-18-24-26-13-12-25(21(4)11-8-10-20(2)3)29(26,5)17-15-27(24)30(6)16-14-23(31)19-28(22)30/h7,20-28,31H,1,8-19H2,2-6H3/t21-,22-,23-,24+,25-,26+,27+,28-,29-,30-/m1/s1. The van der Waals surface area contributed by atoms with Crippen LogP contribution in [0.4, 0.5) is 0 Å². The van der Waals surface area contributed by atoms with Gasteiger partial charge < -0.3 is 5.11 Å². The van der Waals surface area contributed by atoms with Gasteiger partial charge in [0.05, 0.1) is 6.10 Å². The zero-order valence-corrected chi connectivity index (χ0v) is 21.4. The number of allylic oxidation sites excluding steroid dienone is 1. The highest BCUT2D eigenvalue weighted by Gasteiger charge is 2.62. The van der Waals surface area contributed by atoms with Crippen LogP contribution in [0.15, 0.2) is 12.7 Å². The lowest BCUT2D eigenvalue weighted by atomic mass is 9.42. The van der Waals surface area contributed by atoms with Gasteiger partial charge in [0, 0.05) is 0 Å². The van der Waals surface area contributed by atoms with E-state index in [1.54, 1.807) is 0 Å². The van der Waals surface area contributed by atoms with Crippen molar-refractivity contribution in [2.75, 3.05) is 0 Å². The first-order valence-corrected chi connectivity index (χ1v) is 14.0. The summed E-state index contributed by atoms with van der Waals surface area (Å²) in [6, 6.07) is 0. The van der Waals surface area contributed by atoms with Crippen LogP contribution in [0.1, 0.15) is 112 Å². The maximum Gasteiger partial charge on any atom is 0.0543 e. The fraction of sp³-hybridized carbons (Fsp3) is 0.933. The van der Waals surface area contributed by atoms with E-state index in [9.17, 15) is 5.11 Å². The Hall–Kier alpha value is -0.300. The number of fused-ring (bicyclic) bond motifs is 5. The maximum atomic E-state index is 10.5. The highest BCUT2D eigenvalue weighted by molar-refractivity contribution is 5.11. The fourth-order valence-corrected chi connectivity index (χ4v) is 9.98. The van der Waals surface area contributed by atoms with Crippen LogP contribution in [0.25, 0.3) is 0 Å². The molecule has 31 heavy (non-hydrogen) atoms. The first kappa shape index (κ1) is 23.8. The zero-order chi connectivity index (χ0) is 22.4. The fourth-order valence-electron chi connectivity index (χ4n) is 9.98. The Kier molecular flexibility index (Phi) is 7.04. The van der Waals surface area contributed by atoms with Crippen LogP contribution in [0.3, 0.4) is 0 Å². The van der Waals surface area contributed by atoms with Gasteiger partial charge in [-0.25, -0.2) is 0 Å². The lowest BCUT2D eigenvalue weighted by Gasteiger charge is -2.63. The van der Waals surface area contributed by atoms with Crippen molar-refractivity contribution in [3.8, 4) is 0 Å². The molecule has 0 amide bonds. The molecule has 0 heterocycles. The summed E-state index contributed by atoms with van der Waals surface area (Å²) in [4.78, 5) is 0. The lowest BCUT2D eigenvalue weighted by molar-refractivity contribution is -0.151. The largest absolute Gasteiger partial charge is 0.393 e. The highest BCUT2D eigenvalue weighted by Crippen LogP contribution is 2.69. The van der Waals surface area contributed by atoms with Crippen molar-refractivity contribution in [3.05, 3.63) is 12.7 Å². The Morgan fingerprint density at radius 1 is 0.903 bits per heavy atom. The number of rotatable bonds is 7. The van der Waals surface area contributed by atoms with Gasteiger partial charge in [-0.15, -0.1) is 6.58 Å². The van der Waals surface area contributed by atoms with E-state index >= 15 is 0 Å². The van der Waals surface area contributed by atoms with E-state index in [1.807, 2.05) is 0 Å². The molecule has 178 valence electrons.